The van der Waals surface area contributed by atoms with Gasteiger partial charge in [0, 0.05) is 10.3 Å². The predicted molar refractivity (Wildman–Crippen MR) is 251 cm³/mol. The number of hydrogen-bond acceptors (Lipinski definition) is 12. The van der Waals surface area contributed by atoms with Crippen molar-refractivity contribution in [3.63, 3.8) is 0 Å². The zero-order valence-corrected chi connectivity index (χ0v) is 36.9. The van der Waals surface area contributed by atoms with E-state index < -0.39 is 17.7 Å². The van der Waals surface area contributed by atoms with Crippen molar-refractivity contribution in [1.82, 2.24) is 9.97 Å². The molecule has 0 aliphatic carbocycles. The molecule has 0 aliphatic heterocycles. The number of rotatable bonds is 13. The van der Waals surface area contributed by atoms with Crippen LogP contribution in [0.1, 0.15) is 53.6 Å². The molecule has 322 valence electrons. The molecule has 3 aromatic carbocycles. The van der Waals surface area contributed by atoms with E-state index in [-0.39, 0.29) is 37.0 Å². The van der Waals surface area contributed by atoms with E-state index >= 15 is 0 Å². The molecule has 63 heavy (non-hydrogen) atoms. The van der Waals surface area contributed by atoms with Crippen molar-refractivity contribution in [3.8, 4) is 5.75 Å². The van der Waals surface area contributed by atoms with Crippen LogP contribution in [0.15, 0.2) is 106 Å². The first-order chi connectivity index (χ1) is 30.3. The van der Waals surface area contributed by atoms with Gasteiger partial charge in [0.25, 0.3) is 17.7 Å². The Kier molecular flexibility index (Phi) is 15.2. The number of hydrogen-bond donors (Lipinski definition) is 7. The highest BCUT2D eigenvalue weighted by Gasteiger charge is 2.17. The van der Waals surface area contributed by atoms with Gasteiger partial charge in [0.2, 0.25) is 17.7 Å². The van der Waals surface area contributed by atoms with Gasteiger partial charge in [0.1, 0.15) is 26.6 Å². The molecule has 0 aliphatic rings. The summed E-state index contributed by atoms with van der Waals surface area (Å²) in [5.74, 6) is -1.03. The summed E-state index contributed by atoms with van der Waals surface area (Å²) in [4.78, 5) is 77.4. The number of nitrogens with zero attached hydrogens (tertiary/aromatic N) is 1. The van der Waals surface area contributed by atoms with Gasteiger partial charge in [-0.15, -0.1) is 45.3 Å². The Morgan fingerprint density at radius 1 is 0.619 bits per heavy atom. The first-order valence-corrected chi connectivity index (χ1v) is 22.3. The Bertz CT molecular complexity index is 2900. The average Bonchev–Trinajstić information content (AvgIpc) is 4.10. The SMILES string of the molecule is COc1ccc(C)cc1CC(=O)Nc1sccc1C(N)=O.NC(=O)c1ccsc1NC(=O)Cc1csc2ccccc12.NC(=O)c1ccsc1NC(=O)Cc1nc2ccccc2[nH]1. The van der Waals surface area contributed by atoms with E-state index in [2.05, 4.69) is 25.9 Å². The molecule has 0 radical (unpaired) electrons. The Morgan fingerprint density at radius 2 is 1.13 bits per heavy atom. The average molecular weight is 921 g/mol. The van der Waals surface area contributed by atoms with Gasteiger partial charge >= 0.3 is 0 Å². The molecule has 0 fully saturated rings. The van der Waals surface area contributed by atoms with E-state index in [4.69, 9.17) is 21.9 Å². The highest BCUT2D eigenvalue weighted by atomic mass is 32.1. The fourth-order valence-electron chi connectivity index (χ4n) is 6.12. The number of para-hydroxylation sites is 2. The van der Waals surface area contributed by atoms with Crippen LogP contribution in [0.5, 0.6) is 5.75 Å². The lowest BCUT2D eigenvalue weighted by molar-refractivity contribution is -0.116. The number of thiophene rings is 4. The van der Waals surface area contributed by atoms with E-state index in [9.17, 15) is 28.8 Å². The van der Waals surface area contributed by atoms with Crippen molar-refractivity contribution in [2.45, 2.75) is 26.2 Å². The number of nitrogens with two attached hydrogens (primary N) is 3. The van der Waals surface area contributed by atoms with Gasteiger partial charge in [-0.05, 0) is 81.9 Å². The molecule has 15 nitrogen and oxygen atoms in total. The number of methoxy groups -OCH3 is 1. The number of carbonyl (C=O) groups excluding carboxylic acids is 6. The van der Waals surface area contributed by atoms with Crippen LogP contribution in [0.25, 0.3) is 21.1 Å². The Hall–Kier alpha value is -7.19. The quantitative estimate of drug-likeness (QED) is 0.0608. The molecule has 0 saturated heterocycles. The molecule has 10 N–H and O–H groups in total. The molecule has 8 rings (SSSR count). The second-order valence-electron chi connectivity index (χ2n) is 13.5. The van der Waals surface area contributed by atoms with Gasteiger partial charge in [-0.1, -0.05) is 48.0 Å². The first-order valence-electron chi connectivity index (χ1n) is 18.8. The monoisotopic (exact) mass is 920 g/mol. The van der Waals surface area contributed by atoms with Crippen LogP contribution in [0.2, 0.25) is 0 Å². The topological polar surface area (TPSA) is 254 Å². The van der Waals surface area contributed by atoms with Crippen LogP contribution in [0, 0.1) is 6.92 Å². The number of nitrogens with one attached hydrogen (secondary N) is 4. The number of benzene rings is 3. The van der Waals surface area contributed by atoms with E-state index in [1.165, 1.54) is 34.0 Å². The molecule has 0 saturated carbocycles. The number of anilines is 3. The molecule has 6 amide bonds. The number of aryl methyl sites for hydroxylation is 1. The lowest BCUT2D eigenvalue weighted by Gasteiger charge is -2.10. The highest BCUT2D eigenvalue weighted by Crippen LogP contribution is 2.28. The minimum absolute atomic E-state index is 0.102. The molecule has 0 spiro atoms. The van der Waals surface area contributed by atoms with Gasteiger partial charge in [0.05, 0.1) is 54.1 Å². The van der Waals surface area contributed by atoms with Crippen LogP contribution in [-0.4, -0.2) is 52.5 Å². The second kappa shape index (κ2) is 21.1. The number of amides is 6. The Balaban J connectivity index is 0.000000157. The predicted octanol–water partition coefficient (Wildman–Crippen LogP) is 7.49. The second-order valence-corrected chi connectivity index (χ2v) is 17.2. The number of ether oxygens (including phenoxy) is 1. The van der Waals surface area contributed by atoms with Crippen LogP contribution in [-0.2, 0) is 33.6 Å². The molecular formula is C44H40N8O7S4. The fourth-order valence-corrected chi connectivity index (χ4v) is 9.50. The maximum atomic E-state index is 12.1. The van der Waals surface area contributed by atoms with Crippen LogP contribution in [0.3, 0.4) is 0 Å². The molecule has 0 atom stereocenters. The van der Waals surface area contributed by atoms with Crippen molar-refractivity contribution in [1.29, 1.82) is 0 Å². The summed E-state index contributed by atoms with van der Waals surface area (Å²) in [7, 11) is 1.57. The first kappa shape index (κ1) is 45.3. The number of aromatic nitrogens is 2. The summed E-state index contributed by atoms with van der Waals surface area (Å²) in [6, 6.07) is 26.0. The summed E-state index contributed by atoms with van der Waals surface area (Å²) in [5.41, 5.74) is 21.3. The Morgan fingerprint density at radius 3 is 1.67 bits per heavy atom. The third-order valence-electron chi connectivity index (χ3n) is 9.02. The maximum Gasteiger partial charge on any atom is 0.251 e. The van der Waals surface area contributed by atoms with Crippen molar-refractivity contribution in [2.75, 3.05) is 23.1 Å². The van der Waals surface area contributed by atoms with Gasteiger partial charge in [-0.3, -0.25) is 28.8 Å². The molecule has 5 heterocycles. The van der Waals surface area contributed by atoms with E-state index in [0.29, 0.717) is 43.3 Å². The third-order valence-corrected chi connectivity index (χ3v) is 12.5. The zero-order chi connectivity index (χ0) is 45.0. The van der Waals surface area contributed by atoms with Crippen molar-refractivity contribution < 1.29 is 33.5 Å². The molecule has 8 aromatic rings. The molecule has 19 heteroatoms. The lowest BCUT2D eigenvalue weighted by atomic mass is 10.1. The molecular weight excluding hydrogens is 881 g/mol. The summed E-state index contributed by atoms with van der Waals surface area (Å²) < 4.78 is 6.41. The number of H-pyrrole nitrogens is 1. The summed E-state index contributed by atoms with van der Waals surface area (Å²) in [5, 5.41) is 17.8. The Labute approximate surface area is 376 Å². The van der Waals surface area contributed by atoms with Crippen LogP contribution < -0.4 is 37.9 Å². The standard InChI is InChI=1S/C15H16N2O3S.C15H12N2O2S2.C14H12N4O2S/c1-9-3-4-12(20-2)10(7-9)8-13(18)17-15-11(14(16)19)5-6-21-15;16-14(19)11-5-6-20-15(11)17-13(18)7-9-8-21-12-4-2-1-3-10(9)12;15-13(20)8-5-6-21-14(8)18-12(19)7-11-16-9-3-1-2-4-10(9)17-11/h3-7H,8H2,1-2H3,(H2,16,19)(H,17,18);1-6,8H,7H2,(H2,16,19)(H,17,18);1-6H,7H2,(H2,15,20)(H,16,17)(H,18,19). The van der Waals surface area contributed by atoms with E-state index in [0.717, 1.165) is 37.8 Å². The van der Waals surface area contributed by atoms with E-state index in [1.807, 2.05) is 79.0 Å². The van der Waals surface area contributed by atoms with Crippen molar-refractivity contribution in [2.24, 2.45) is 17.2 Å². The normalized spacial score (nSPS) is 10.5. The number of carbonyl (C=O) groups is 6. The van der Waals surface area contributed by atoms with Gasteiger partial charge in [0.15, 0.2) is 0 Å². The number of aromatic amines is 1. The number of fused-ring (bicyclic) bond motifs is 2. The van der Waals surface area contributed by atoms with Crippen LogP contribution in [0.4, 0.5) is 15.0 Å². The molecule has 0 unspecified atom stereocenters. The number of imidazole rings is 1. The largest absolute Gasteiger partial charge is 0.496 e. The van der Waals surface area contributed by atoms with Gasteiger partial charge < -0.3 is 42.9 Å². The van der Waals surface area contributed by atoms with Gasteiger partial charge in [-0.2, -0.15) is 0 Å². The maximum absolute atomic E-state index is 12.1. The number of primary amides is 3. The third kappa shape index (κ3) is 12.0. The van der Waals surface area contributed by atoms with Crippen molar-refractivity contribution in [3.05, 3.63) is 146 Å². The van der Waals surface area contributed by atoms with E-state index in [1.54, 1.807) is 52.8 Å². The van der Waals surface area contributed by atoms with Crippen molar-refractivity contribution >= 4 is 117 Å². The summed E-state index contributed by atoms with van der Waals surface area (Å²) in [6.45, 7) is 1.95. The minimum atomic E-state index is -0.560. The molecule has 5 aromatic heterocycles. The van der Waals surface area contributed by atoms with Gasteiger partial charge in [-0.25, -0.2) is 4.98 Å². The summed E-state index contributed by atoms with van der Waals surface area (Å²) >= 11 is 5.44. The fraction of sp³-hybridized carbons (Fsp3) is 0.114. The lowest BCUT2D eigenvalue weighted by Crippen LogP contribution is -2.18. The zero-order valence-electron chi connectivity index (χ0n) is 33.7. The summed E-state index contributed by atoms with van der Waals surface area (Å²) in [6.07, 6.45) is 0.547. The smallest absolute Gasteiger partial charge is 0.251 e. The highest BCUT2D eigenvalue weighted by molar-refractivity contribution is 7.17. The van der Waals surface area contributed by atoms with Crippen LogP contribution >= 0.6 is 45.3 Å². The molecule has 0 bridgehead atoms. The minimum Gasteiger partial charge on any atom is -0.496 e.